The third kappa shape index (κ3) is 6.09. The SMILES string of the molecule is CCN(CCCN=C(N)N1CCCCCC1)S(C)(=O)=O. The molecule has 0 unspecified atom stereocenters. The topological polar surface area (TPSA) is 79.0 Å². The summed E-state index contributed by atoms with van der Waals surface area (Å²) in [5.41, 5.74) is 6.00. The molecule has 1 heterocycles. The second kappa shape index (κ2) is 8.46. The van der Waals surface area contributed by atoms with E-state index in [0.717, 1.165) is 13.1 Å². The van der Waals surface area contributed by atoms with Gasteiger partial charge in [-0.15, -0.1) is 0 Å². The lowest BCUT2D eigenvalue weighted by atomic mass is 10.2. The van der Waals surface area contributed by atoms with Gasteiger partial charge in [-0.1, -0.05) is 19.8 Å². The Bertz CT molecular complexity index is 401. The molecule has 6 nitrogen and oxygen atoms in total. The molecule has 0 spiro atoms. The Labute approximate surface area is 123 Å². The van der Waals surface area contributed by atoms with Gasteiger partial charge >= 0.3 is 0 Å². The number of nitrogens with zero attached hydrogens (tertiary/aromatic N) is 3. The summed E-state index contributed by atoms with van der Waals surface area (Å²) >= 11 is 0. The van der Waals surface area contributed by atoms with Gasteiger partial charge in [-0.05, 0) is 19.3 Å². The average Bonchev–Trinajstić information content (AvgIpc) is 2.65. The quantitative estimate of drug-likeness (QED) is 0.448. The highest BCUT2D eigenvalue weighted by Gasteiger charge is 2.13. The standard InChI is InChI=1S/C13H28N4O2S/c1-3-17(20(2,18)19)12-8-9-15-13(14)16-10-6-4-5-7-11-16/h3-12H2,1-2H3,(H2,14,15). The molecule has 0 saturated carbocycles. The molecular weight excluding hydrogens is 276 g/mol. The van der Waals surface area contributed by atoms with Crippen LogP contribution in [0.1, 0.15) is 39.0 Å². The number of guanidine groups is 1. The highest BCUT2D eigenvalue weighted by molar-refractivity contribution is 7.88. The van der Waals surface area contributed by atoms with Crippen molar-refractivity contribution in [1.29, 1.82) is 0 Å². The Morgan fingerprint density at radius 3 is 2.35 bits per heavy atom. The lowest BCUT2D eigenvalue weighted by Gasteiger charge is -2.21. The maximum atomic E-state index is 11.4. The number of nitrogens with two attached hydrogens (primary N) is 1. The Morgan fingerprint density at radius 2 is 1.85 bits per heavy atom. The molecule has 118 valence electrons. The minimum atomic E-state index is -3.10. The van der Waals surface area contributed by atoms with Crippen LogP contribution < -0.4 is 5.73 Å². The highest BCUT2D eigenvalue weighted by Crippen LogP contribution is 2.09. The van der Waals surface area contributed by atoms with Crippen LogP contribution in [0.3, 0.4) is 0 Å². The van der Waals surface area contributed by atoms with Crippen LogP contribution in [0.25, 0.3) is 0 Å². The first-order valence-corrected chi connectivity index (χ1v) is 9.30. The fraction of sp³-hybridized carbons (Fsp3) is 0.923. The molecular formula is C13H28N4O2S. The van der Waals surface area contributed by atoms with Crippen molar-refractivity contribution < 1.29 is 8.42 Å². The van der Waals surface area contributed by atoms with Crippen LogP contribution in [0.2, 0.25) is 0 Å². The number of rotatable bonds is 6. The van der Waals surface area contributed by atoms with E-state index in [1.54, 1.807) is 0 Å². The van der Waals surface area contributed by atoms with Crippen LogP contribution >= 0.6 is 0 Å². The van der Waals surface area contributed by atoms with Gasteiger partial charge in [-0.25, -0.2) is 12.7 Å². The first-order valence-electron chi connectivity index (χ1n) is 7.45. The number of aliphatic imine (C=N–C) groups is 1. The molecule has 1 saturated heterocycles. The van der Waals surface area contributed by atoms with Gasteiger partial charge in [0.05, 0.1) is 6.26 Å². The van der Waals surface area contributed by atoms with E-state index in [-0.39, 0.29) is 0 Å². The van der Waals surface area contributed by atoms with Crippen LogP contribution in [0, 0.1) is 0 Å². The van der Waals surface area contributed by atoms with Crippen LogP contribution in [0.15, 0.2) is 4.99 Å². The maximum Gasteiger partial charge on any atom is 0.211 e. The van der Waals surface area contributed by atoms with Gasteiger partial charge in [-0.3, -0.25) is 4.99 Å². The molecule has 0 atom stereocenters. The molecule has 0 aromatic rings. The molecule has 0 aromatic carbocycles. The molecule has 7 heteroatoms. The van der Waals surface area contributed by atoms with Crippen molar-refractivity contribution in [2.75, 3.05) is 39.0 Å². The van der Waals surface area contributed by atoms with Crippen LogP contribution in [0.4, 0.5) is 0 Å². The van der Waals surface area contributed by atoms with E-state index < -0.39 is 10.0 Å². The lowest BCUT2D eigenvalue weighted by molar-refractivity contribution is 0.419. The fourth-order valence-electron chi connectivity index (χ4n) is 2.40. The predicted octanol–water partition coefficient (Wildman–Crippen LogP) is 0.849. The van der Waals surface area contributed by atoms with Crippen molar-refractivity contribution >= 4 is 16.0 Å². The number of sulfonamides is 1. The minimum absolute atomic E-state index is 0.504. The van der Waals surface area contributed by atoms with E-state index in [4.69, 9.17) is 5.73 Å². The van der Waals surface area contributed by atoms with Crippen molar-refractivity contribution in [3.8, 4) is 0 Å². The first-order chi connectivity index (χ1) is 9.45. The Kier molecular flexibility index (Phi) is 7.29. The van der Waals surface area contributed by atoms with Crippen molar-refractivity contribution in [3.05, 3.63) is 0 Å². The molecule has 0 radical (unpaired) electrons. The van der Waals surface area contributed by atoms with Gasteiger partial charge in [-0.2, -0.15) is 0 Å². The summed E-state index contributed by atoms with van der Waals surface area (Å²) in [7, 11) is -3.10. The van der Waals surface area contributed by atoms with Gasteiger partial charge in [0, 0.05) is 32.7 Å². The van der Waals surface area contributed by atoms with Crippen molar-refractivity contribution in [2.24, 2.45) is 10.7 Å². The lowest BCUT2D eigenvalue weighted by Crippen LogP contribution is -2.38. The monoisotopic (exact) mass is 304 g/mol. The number of hydrogen-bond acceptors (Lipinski definition) is 3. The van der Waals surface area contributed by atoms with E-state index in [1.165, 1.54) is 36.2 Å². The summed E-state index contributed by atoms with van der Waals surface area (Å²) in [6.07, 6.45) is 6.83. The summed E-state index contributed by atoms with van der Waals surface area (Å²) < 4.78 is 24.3. The van der Waals surface area contributed by atoms with Crippen LogP contribution in [-0.4, -0.2) is 62.6 Å². The van der Waals surface area contributed by atoms with Crippen molar-refractivity contribution in [1.82, 2.24) is 9.21 Å². The van der Waals surface area contributed by atoms with Crippen LogP contribution in [-0.2, 0) is 10.0 Å². The molecule has 1 aliphatic rings. The summed E-state index contributed by atoms with van der Waals surface area (Å²) in [6, 6.07) is 0. The van der Waals surface area contributed by atoms with E-state index in [1.807, 2.05) is 6.92 Å². The molecule has 20 heavy (non-hydrogen) atoms. The predicted molar refractivity (Wildman–Crippen MR) is 83.2 cm³/mol. The van der Waals surface area contributed by atoms with Gasteiger partial charge in [0.15, 0.2) is 5.96 Å². The highest BCUT2D eigenvalue weighted by atomic mass is 32.2. The average molecular weight is 304 g/mol. The number of hydrogen-bond donors (Lipinski definition) is 1. The Hall–Kier alpha value is -0.820. The zero-order valence-corrected chi connectivity index (χ0v) is 13.5. The smallest absolute Gasteiger partial charge is 0.211 e. The van der Waals surface area contributed by atoms with Gasteiger partial charge in [0.2, 0.25) is 10.0 Å². The van der Waals surface area contributed by atoms with Crippen LogP contribution in [0.5, 0.6) is 0 Å². The second-order valence-corrected chi connectivity index (χ2v) is 7.23. The maximum absolute atomic E-state index is 11.4. The summed E-state index contributed by atoms with van der Waals surface area (Å²) in [6.45, 7) is 5.40. The molecule has 0 aliphatic carbocycles. The molecule has 1 fully saturated rings. The van der Waals surface area contributed by atoms with E-state index in [0.29, 0.717) is 32.0 Å². The van der Waals surface area contributed by atoms with Crippen molar-refractivity contribution in [3.63, 3.8) is 0 Å². The third-order valence-corrected chi connectivity index (χ3v) is 4.97. The van der Waals surface area contributed by atoms with E-state index >= 15 is 0 Å². The molecule has 1 aliphatic heterocycles. The molecule has 2 N–H and O–H groups in total. The summed E-state index contributed by atoms with van der Waals surface area (Å²) in [4.78, 5) is 6.52. The molecule has 1 rings (SSSR count). The largest absolute Gasteiger partial charge is 0.370 e. The summed E-state index contributed by atoms with van der Waals surface area (Å²) in [5, 5.41) is 0. The normalized spacial score (nSPS) is 18.4. The first kappa shape index (κ1) is 17.2. The van der Waals surface area contributed by atoms with Gasteiger partial charge < -0.3 is 10.6 Å². The summed E-state index contributed by atoms with van der Waals surface area (Å²) in [5.74, 6) is 0.606. The molecule has 0 bridgehead atoms. The zero-order chi connectivity index (χ0) is 15.0. The Morgan fingerprint density at radius 1 is 1.25 bits per heavy atom. The van der Waals surface area contributed by atoms with Gasteiger partial charge in [0.1, 0.15) is 0 Å². The van der Waals surface area contributed by atoms with E-state index in [2.05, 4.69) is 9.89 Å². The molecule has 0 aromatic heterocycles. The minimum Gasteiger partial charge on any atom is -0.370 e. The third-order valence-electron chi connectivity index (χ3n) is 3.59. The van der Waals surface area contributed by atoms with E-state index in [9.17, 15) is 8.42 Å². The fourth-order valence-corrected chi connectivity index (χ4v) is 3.33. The molecule has 0 amide bonds. The second-order valence-electron chi connectivity index (χ2n) is 5.25. The Balaban J connectivity index is 2.35. The number of likely N-dealkylation sites (tertiary alicyclic amines) is 1. The van der Waals surface area contributed by atoms with Crippen molar-refractivity contribution in [2.45, 2.75) is 39.0 Å². The van der Waals surface area contributed by atoms with Gasteiger partial charge in [0.25, 0.3) is 0 Å². The zero-order valence-electron chi connectivity index (χ0n) is 12.7.